The van der Waals surface area contributed by atoms with Crippen molar-refractivity contribution in [2.75, 3.05) is 79.9 Å². The van der Waals surface area contributed by atoms with E-state index in [0.717, 1.165) is 24.0 Å². The smallest absolute Gasteiger partial charge is 0.405 e. The van der Waals surface area contributed by atoms with Crippen molar-refractivity contribution in [3.05, 3.63) is 60.1 Å². The molecule has 1 aliphatic carbocycles. The maximum Gasteiger partial charge on any atom is 0.405 e. The number of amides is 5. The van der Waals surface area contributed by atoms with E-state index >= 15 is 4.39 Å². The van der Waals surface area contributed by atoms with Crippen LogP contribution in [0, 0.1) is 11.7 Å². The molecule has 3 aliphatic heterocycles. The van der Waals surface area contributed by atoms with E-state index in [1.165, 1.54) is 42.4 Å². The van der Waals surface area contributed by atoms with Crippen LogP contribution >= 0.6 is 0 Å². The molecule has 4 aromatic rings. The van der Waals surface area contributed by atoms with Crippen molar-refractivity contribution in [1.82, 2.24) is 34.9 Å². The lowest BCUT2D eigenvalue weighted by Gasteiger charge is -2.45. The summed E-state index contributed by atoms with van der Waals surface area (Å²) >= 11 is 0. The average Bonchev–Trinajstić information content (AvgIpc) is 3.91. The van der Waals surface area contributed by atoms with Crippen LogP contribution in [-0.4, -0.2) is 125 Å². The number of urea groups is 1. The van der Waals surface area contributed by atoms with Gasteiger partial charge in [0.25, 0.3) is 12.3 Å². The Morgan fingerprint density at radius 1 is 1.02 bits per heavy atom. The number of alkyl halides is 5. The Bertz CT molecular complexity index is 2350. The molecule has 1 saturated carbocycles. The maximum absolute atomic E-state index is 15.4. The third-order valence-corrected chi connectivity index (χ3v) is 11.8. The summed E-state index contributed by atoms with van der Waals surface area (Å²) in [4.78, 5) is 65.6. The van der Waals surface area contributed by atoms with Crippen molar-refractivity contribution < 1.29 is 54.7 Å². The number of methoxy groups -OCH3 is 1. The van der Waals surface area contributed by atoms with Crippen LogP contribution in [0.3, 0.4) is 0 Å². The highest BCUT2D eigenvalue weighted by Crippen LogP contribution is 2.39. The summed E-state index contributed by atoms with van der Waals surface area (Å²) in [5, 5.41) is 10.9. The minimum atomic E-state index is -4.47. The van der Waals surface area contributed by atoms with Gasteiger partial charge in [0.15, 0.2) is 17.2 Å². The number of carbonyl (C=O) groups is 4. The van der Waals surface area contributed by atoms with E-state index in [2.05, 4.69) is 35.9 Å². The van der Waals surface area contributed by atoms with E-state index < -0.39 is 48.5 Å². The number of nitrogens with one attached hydrogen (secondary N) is 3. The molecule has 17 nitrogen and oxygen atoms in total. The molecule has 0 unspecified atom stereocenters. The van der Waals surface area contributed by atoms with E-state index in [1.807, 2.05) is 9.80 Å². The van der Waals surface area contributed by atoms with Gasteiger partial charge in [-0.05, 0) is 43.9 Å². The highest BCUT2D eigenvalue weighted by Gasteiger charge is 2.39. The molecule has 3 aromatic heterocycles. The Kier molecular flexibility index (Phi) is 12.2. The summed E-state index contributed by atoms with van der Waals surface area (Å²) < 4.78 is 93.8. The first-order valence-corrected chi connectivity index (χ1v) is 20.3. The Morgan fingerprint density at radius 2 is 1.75 bits per heavy atom. The second-order valence-corrected chi connectivity index (χ2v) is 15.8. The lowest BCUT2D eigenvalue weighted by Crippen LogP contribution is -2.59. The SMILES string of the molecule is COc1cc(N2CC(C(=O)N3CCN(C4CCC(n5cc(NC(=O)c6coc(-c7ccnc(NCC(F)(F)F)c7)n6)c(C(F)F)n5)CC4)CC3)C2)cc(F)c1N1CCC(=O)NC1=O. The molecule has 63 heavy (non-hydrogen) atoms. The van der Waals surface area contributed by atoms with Crippen molar-refractivity contribution in [3.63, 3.8) is 0 Å². The van der Waals surface area contributed by atoms with Gasteiger partial charge in [-0.25, -0.2) is 27.9 Å². The van der Waals surface area contributed by atoms with Gasteiger partial charge in [0.2, 0.25) is 17.7 Å². The van der Waals surface area contributed by atoms with Crippen LogP contribution < -0.4 is 30.5 Å². The van der Waals surface area contributed by atoms with E-state index in [0.29, 0.717) is 57.8 Å². The number of nitrogens with zero attached hydrogens (tertiary/aromatic N) is 8. The molecule has 23 heteroatoms. The molecule has 5 amide bonds. The van der Waals surface area contributed by atoms with Gasteiger partial charge >= 0.3 is 12.2 Å². The number of ether oxygens (including phenoxy) is 1. The molecule has 3 N–H and O–H groups in total. The number of aromatic nitrogens is 4. The molecule has 0 radical (unpaired) electrons. The highest BCUT2D eigenvalue weighted by molar-refractivity contribution is 6.06. The largest absolute Gasteiger partial charge is 0.494 e. The molecule has 1 aromatic carbocycles. The van der Waals surface area contributed by atoms with Gasteiger partial charge in [-0.1, -0.05) is 0 Å². The van der Waals surface area contributed by atoms with Gasteiger partial charge < -0.3 is 29.6 Å². The molecule has 4 aliphatic rings. The van der Waals surface area contributed by atoms with E-state index in [9.17, 15) is 41.1 Å². The maximum atomic E-state index is 15.4. The average molecular weight is 888 g/mol. The molecule has 6 heterocycles. The Morgan fingerprint density at radius 3 is 2.43 bits per heavy atom. The number of rotatable bonds is 12. The standard InChI is InChI=1S/C40H43F6N11O6/c1-62-30-16-26(15-27(41)34(30)56-9-7-32(58)51-39(56)61)55-17-23(18-55)38(60)54-12-10-53(11-13-54)24-2-4-25(5-3-24)57-19-28(33(52-57)35(42)43)49-36(59)29-20-63-37(50-29)22-6-8-47-31(14-22)48-21-40(44,45)46/h6,8,14-16,19-20,23-25,35H,2-5,7,9-13,17-18,21H2,1H3,(H,47,48)(H,49,59)(H,51,58,61). The molecule has 3 saturated heterocycles. The first-order valence-electron chi connectivity index (χ1n) is 20.3. The lowest BCUT2D eigenvalue weighted by atomic mass is 9.89. The molecular formula is C40H43F6N11O6. The number of carbonyl (C=O) groups excluding carboxylic acids is 4. The highest BCUT2D eigenvalue weighted by atomic mass is 19.4. The van der Waals surface area contributed by atoms with Crippen LogP contribution in [0.25, 0.3) is 11.5 Å². The Hall–Kier alpha value is -6.39. The van der Waals surface area contributed by atoms with Crippen LogP contribution in [0.5, 0.6) is 5.75 Å². The minimum Gasteiger partial charge on any atom is -0.494 e. The van der Waals surface area contributed by atoms with Crippen molar-refractivity contribution in [2.24, 2.45) is 5.92 Å². The molecule has 336 valence electrons. The second-order valence-electron chi connectivity index (χ2n) is 15.8. The lowest BCUT2D eigenvalue weighted by molar-refractivity contribution is -0.138. The fourth-order valence-corrected chi connectivity index (χ4v) is 8.44. The summed E-state index contributed by atoms with van der Waals surface area (Å²) in [6, 6.07) is 4.90. The van der Waals surface area contributed by atoms with Crippen LogP contribution in [0.1, 0.15) is 60.8 Å². The molecule has 0 atom stereocenters. The van der Waals surface area contributed by atoms with E-state index in [4.69, 9.17) is 9.15 Å². The zero-order chi connectivity index (χ0) is 44.6. The van der Waals surface area contributed by atoms with Crippen LogP contribution in [-0.2, 0) is 9.59 Å². The third kappa shape index (κ3) is 9.51. The number of pyridine rings is 1. The number of anilines is 4. The van der Waals surface area contributed by atoms with E-state index in [-0.39, 0.29) is 77.0 Å². The van der Waals surface area contributed by atoms with Crippen molar-refractivity contribution >= 4 is 46.6 Å². The van der Waals surface area contributed by atoms with Gasteiger partial charge in [0, 0.05) is 88.0 Å². The fourth-order valence-electron chi connectivity index (χ4n) is 8.44. The first kappa shape index (κ1) is 43.3. The number of benzene rings is 1. The van der Waals surface area contributed by atoms with Crippen LogP contribution in [0.2, 0.25) is 0 Å². The van der Waals surface area contributed by atoms with Crippen molar-refractivity contribution in [3.8, 4) is 17.2 Å². The summed E-state index contributed by atoms with van der Waals surface area (Å²) in [6.07, 6.45) is -0.971. The number of hydrogen-bond acceptors (Lipinski definition) is 12. The molecule has 0 bridgehead atoms. The minimum absolute atomic E-state index is 0.0167. The molecule has 4 fully saturated rings. The van der Waals surface area contributed by atoms with Crippen molar-refractivity contribution in [2.45, 2.75) is 56.8 Å². The zero-order valence-electron chi connectivity index (χ0n) is 33.8. The quantitative estimate of drug-likeness (QED) is 0.153. The van der Waals surface area contributed by atoms with Gasteiger partial charge in [0.05, 0.1) is 24.8 Å². The van der Waals surface area contributed by atoms with Crippen LogP contribution in [0.4, 0.5) is 54.0 Å². The number of oxazole rings is 1. The van der Waals surface area contributed by atoms with Crippen molar-refractivity contribution in [1.29, 1.82) is 0 Å². The van der Waals surface area contributed by atoms with Gasteiger partial charge in [-0.15, -0.1) is 0 Å². The first-order chi connectivity index (χ1) is 30.1. The number of halogens is 6. The monoisotopic (exact) mass is 887 g/mol. The summed E-state index contributed by atoms with van der Waals surface area (Å²) in [6.45, 7) is 1.92. The fraction of sp³-hybridized carbons (Fsp3) is 0.475. The van der Waals surface area contributed by atoms with Gasteiger partial charge in [-0.2, -0.15) is 18.3 Å². The Balaban J connectivity index is 0.804. The zero-order valence-corrected chi connectivity index (χ0v) is 33.8. The van der Waals surface area contributed by atoms with E-state index in [1.54, 1.807) is 6.07 Å². The molecule has 8 rings (SSSR count). The van der Waals surface area contributed by atoms with Crippen LogP contribution in [0.15, 0.2) is 47.3 Å². The molecular weight excluding hydrogens is 844 g/mol. The number of hydrogen-bond donors (Lipinski definition) is 3. The summed E-state index contributed by atoms with van der Waals surface area (Å²) in [5.74, 6) is -2.26. The second kappa shape index (κ2) is 17.8. The topological polar surface area (TPSA) is 183 Å². The number of piperazine rings is 1. The van der Waals surface area contributed by atoms with Gasteiger partial charge in [-0.3, -0.25) is 34.2 Å². The molecule has 0 spiro atoms. The van der Waals surface area contributed by atoms with Gasteiger partial charge in [0.1, 0.15) is 30.1 Å². The Labute approximate surface area is 355 Å². The third-order valence-electron chi connectivity index (χ3n) is 11.8. The summed E-state index contributed by atoms with van der Waals surface area (Å²) in [7, 11) is 1.37. The normalized spacial score (nSPS) is 20.2. The predicted octanol–water partition coefficient (Wildman–Crippen LogP) is 5.46. The summed E-state index contributed by atoms with van der Waals surface area (Å²) in [5.41, 5.74) is -0.350. The predicted molar refractivity (Wildman–Crippen MR) is 213 cm³/mol. The number of imide groups is 1.